The summed E-state index contributed by atoms with van der Waals surface area (Å²) in [5.41, 5.74) is 4.32. The van der Waals surface area contributed by atoms with Crippen LogP contribution in [0.5, 0.6) is 0 Å². The molecule has 105 valence electrons. The molecule has 20 heavy (non-hydrogen) atoms. The van der Waals surface area contributed by atoms with Crippen molar-refractivity contribution < 1.29 is 24.7 Å². The first-order valence-corrected chi connectivity index (χ1v) is 7.75. The summed E-state index contributed by atoms with van der Waals surface area (Å²) < 4.78 is 0.711. The van der Waals surface area contributed by atoms with Crippen LogP contribution in [0, 0.1) is 0 Å². The number of rotatable bonds is 1. The van der Waals surface area contributed by atoms with Crippen LogP contribution in [0.2, 0.25) is 0 Å². The van der Waals surface area contributed by atoms with Gasteiger partial charge in [-0.1, -0.05) is 37.3 Å². The van der Waals surface area contributed by atoms with Crippen molar-refractivity contribution >= 4 is 30.9 Å². The Balaban J connectivity index is 0.000000336. The number of allylic oxidation sites excluding steroid dienone is 1. The van der Waals surface area contributed by atoms with E-state index in [4.69, 9.17) is 0 Å². The number of fused-ring (bicyclic) bond motifs is 1. The Labute approximate surface area is 149 Å². The van der Waals surface area contributed by atoms with E-state index in [-0.39, 0.29) is 24.8 Å². The van der Waals surface area contributed by atoms with E-state index in [1.807, 2.05) is 6.07 Å². The van der Waals surface area contributed by atoms with Gasteiger partial charge < -0.3 is 0 Å². The minimum absolute atomic E-state index is 0. The molecule has 3 heteroatoms. The van der Waals surface area contributed by atoms with Gasteiger partial charge in [-0.2, -0.15) is 0 Å². The van der Waals surface area contributed by atoms with Crippen LogP contribution in [-0.2, 0) is 31.1 Å². The van der Waals surface area contributed by atoms with Crippen molar-refractivity contribution in [2.45, 2.75) is 17.0 Å². The summed E-state index contributed by atoms with van der Waals surface area (Å²) in [5, 5.41) is 0. The average molecular weight is 385 g/mol. The molecule has 1 aliphatic carbocycles. The zero-order valence-electron chi connectivity index (χ0n) is 11.5. The Hall–Kier alpha value is -0.357. The molecule has 0 saturated carbocycles. The maximum absolute atomic E-state index is 2.28. The van der Waals surface area contributed by atoms with E-state index in [0.717, 1.165) is 6.42 Å². The molecule has 1 unspecified atom stereocenters. The van der Waals surface area contributed by atoms with Gasteiger partial charge in [0, 0.05) is 0 Å². The van der Waals surface area contributed by atoms with Gasteiger partial charge in [0.05, 0.1) is 0 Å². The number of hydrogen-bond donors (Lipinski definition) is 0. The Bertz CT molecular complexity index is 524. The van der Waals surface area contributed by atoms with Crippen molar-refractivity contribution in [1.82, 2.24) is 0 Å². The molecule has 2 aromatic rings. The second-order valence-corrected chi connectivity index (χ2v) is 5.83. The number of benzene rings is 2. The third kappa shape index (κ3) is 5.56. The van der Waals surface area contributed by atoms with Gasteiger partial charge in [0.25, 0.3) is 0 Å². The fourth-order valence-electron chi connectivity index (χ4n) is 1.96. The van der Waals surface area contributed by atoms with E-state index in [1.54, 1.807) is 24.7 Å². The van der Waals surface area contributed by atoms with Gasteiger partial charge in [-0.25, -0.2) is 0 Å². The van der Waals surface area contributed by atoms with Gasteiger partial charge in [-0.05, 0) is 12.0 Å². The van der Waals surface area contributed by atoms with Crippen molar-refractivity contribution in [3.05, 3.63) is 77.4 Å². The molecule has 0 saturated heterocycles. The molecule has 0 heterocycles. The predicted molar refractivity (Wildman–Crippen MR) is 88.5 cm³/mol. The Morgan fingerprint density at radius 3 is 2.05 bits per heavy atom. The second-order valence-electron chi connectivity index (χ2n) is 4.30. The van der Waals surface area contributed by atoms with Gasteiger partial charge in [-0.15, -0.1) is 24.8 Å². The molecule has 0 bridgehead atoms. The van der Waals surface area contributed by atoms with Crippen LogP contribution in [0.3, 0.4) is 0 Å². The zero-order valence-corrected chi connectivity index (χ0v) is 15.5. The van der Waals surface area contributed by atoms with Gasteiger partial charge in [0.1, 0.15) is 0 Å². The molecule has 0 amide bonds. The molecule has 0 nitrogen and oxygen atoms in total. The Morgan fingerprint density at radius 2 is 1.50 bits per heavy atom. The van der Waals surface area contributed by atoms with Crippen molar-refractivity contribution in [2.24, 2.45) is 0 Å². The first kappa shape index (κ1) is 19.6. The van der Waals surface area contributed by atoms with E-state index in [0.29, 0.717) is 3.63 Å². The maximum atomic E-state index is 2.28. The fourth-order valence-corrected chi connectivity index (χ4v) is 2.85. The summed E-state index contributed by atoms with van der Waals surface area (Å²) >= 11 is 1.59. The van der Waals surface area contributed by atoms with Crippen LogP contribution >= 0.6 is 24.8 Å². The van der Waals surface area contributed by atoms with E-state index in [2.05, 4.69) is 67.6 Å². The van der Waals surface area contributed by atoms with Gasteiger partial charge in [0.2, 0.25) is 0 Å². The third-order valence-corrected chi connectivity index (χ3v) is 4.29. The molecule has 1 atom stereocenters. The van der Waals surface area contributed by atoms with Crippen LogP contribution < -0.4 is 0 Å². The summed E-state index contributed by atoms with van der Waals surface area (Å²) in [7, 11) is 0. The van der Waals surface area contributed by atoms with Crippen LogP contribution in [0.15, 0.2) is 60.7 Å². The van der Waals surface area contributed by atoms with E-state index < -0.39 is 0 Å². The van der Waals surface area contributed by atoms with Gasteiger partial charge in [-0.3, -0.25) is 0 Å². The predicted octanol–water partition coefficient (Wildman–Crippen LogP) is 5.39. The third-order valence-electron chi connectivity index (χ3n) is 3.05. The molecule has 1 aliphatic rings. The number of halogens is 2. The number of hydrogen-bond acceptors (Lipinski definition) is 0. The van der Waals surface area contributed by atoms with Crippen LogP contribution in [0.4, 0.5) is 0 Å². The summed E-state index contributed by atoms with van der Waals surface area (Å²) in [6, 6.07) is 19.1. The van der Waals surface area contributed by atoms with Gasteiger partial charge in [0.15, 0.2) is 0 Å². The van der Waals surface area contributed by atoms with Crippen LogP contribution in [0.1, 0.15) is 27.2 Å². The molecular formula is C17H19Cl2Zr. The molecule has 0 N–H and O–H groups in total. The summed E-state index contributed by atoms with van der Waals surface area (Å²) in [5.74, 6) is 0. The molecule has 2 aromatic carbocycles. The zero-order chi connectivity index (χ0) is 12.8. The molecule has 3 rings (SSSR count). The first-order chi connectivity index (χ1) is 8.81. The van der Waals surface area contributed by atoms with E-state index in [9.17, 15) is 0 Å². The molecule has 0 spiro atoms. The van der Waals surface area contributed by atoms with E-state index in [1.165, 1.54) is 16.7 Å². The molecule has 0 aromatic heterocycles. The second kappa shape index (κ2) is 10.4. The molecule has 0 aliphatic heterocycles. The summed E-state index contributed by atoms with van der Waals surface area (Å²) in [6.45, 7) is 2.16. The Kier molecular flexibility index (Phi) is 10.2. The molecule has 0 radical (unpaired) electrons. The van der Waals surface area contributed by atoms with Crippen molar-refractivity contribution in [1.29, 1.82) is 0 Å². The monoisotopic (exact) mass is 383 g/mol. The topological polar surface area (TPSA) is 0 Å². The first-order valence-electron chi connectivity index (χ1n) is 6.33. The van der Waals surface area contributed by atoms with E-state index >= 15 is 0 Å². The molecular weight excluding hydrogens is 366 g/mol. The van der Waals surface area contributed by atoms with Crippen LogP contribution in [0.25, 0.3) is 6.08 Å². The Morgan fingerprint density at radius 1 is 0.900 bits per heavy atom. The standard InChI is InChI=1S/C9H7.C8H10.2ClH.Zr/c1-2-5-9-7-3-6-8(9)4-1;1-2-8-6-4-3-5-7-8;;;/h1-7H;3-7H,2H2,1H3;2*1H;. The quantitative estimate of drug-likeness (QED) is 0.617. The van der Waals surface area contributed by atoms with Crippen molar-refractivity contribution in [2.75, 3.05) is 0 Å². The van der Waals surface area contributed by atoms with Crippen molar-refractivity contribution in [3.63, 3.8) is 0 Å². The van der Waals surface area contributed by atoms with Crippen LogP contribution in [-0.4, -0.2) is 0 Å². The summed E-state index contributed by atoms with van der Waals surface area (Å²) in [6.07, 6.45) is 5.64. The normalized spacial score (nSPS) is 14.1. The molecule has 0 fully saturated rings. The van der Waals surface area contributed by atoms with Crippen molar-refractivity contribution in [3.8, 4) is 0 Å². The SMILES string of the molecule is CCc1ccccc1.Cl.Cl.[Zr][CH]1C=Cc2ccccc21. The van der Waals surface area contributed by atoms with Gasteiger partial charge >= 0.3 is 75.9 Å². The number of aryl methyl sites for hydroxylation is 1. The summed E-state index contributed by atoms with van der Waals surface area (Å²) in [4.78, 5) is 0. The minimum atomic E-state index is 0. The fraction of sp³-hybridized carbons (Fsp3) is 0.176. The average Bonchev–Trinajstić information content (AvgIpc) is 2.83.